The minimum absolute atomic E-state index is 0.0524. The number of carboxylic acid groups (broad SMARTS) is 2. The van der Waals surface area contributed by atoms with Gasteiger partial charge in [-0.3, -0.25) is 0 Å². The van der Waals surface area contributed by atoms with Crippen molar-refractivity contribution in [1.82, 2.24) is 0 Å². The van der Waals surface area contributed by atoms with Crippen LogP contribution in [-0.2, 0) is 11.5 Å². The lowest BCUT2D eigenvalue weighted by Crippen LogP contribution is -2.28. The van der Waals surface area contributed by atoms with Gasteiger partial charge in [0, 0.05) is 5.41 Å². The van der Waals surface area contributed by atoms with Crippen LogP contribution in [0.1, 0.15) is 50.5 Å². The second-order valence-corrected chi connectivity index (χ2v) is 13.4. The molecule has 0 aliphatic heterocycles. The van der Waals surface area contributed by atoms with Crippen molar-refractivity contribution in [2.24, 2.45) is 5.41 Å². The maximum Gasteiger partial charge on any atom is 0.344 e. The maximum absolute atomic E-state index is 13.1. The average Bonchev–Trinajstić information content (AvgIpc) is 3.20. The summed E-state index contributed by atoms with van der Waals surface area (Å²) in [7, 11) is 0. The van der Waals surface area contributed by atoms with E-state index < -0.39 is 23.3 Å². The van der Waals surface area contributed by atoms with Crippen molar-refractivity contribution in [2.75, 3.05) is 13.2 Å². The normalized spacial score (nSPS) is 11.0. The van der Waals surface area contributed by atoms with E-state index in [0.717, 1.165) is 16.7 Å². The van der Waals surface area contributed by atoms with Gasteiger partial charge in [0.15, 0.2) is 5.75 Å². The number of carboxylic acids is 2. The topological polar surface area (TPSA) is 138 Å². The van der Waals surface area contributed by atoms with Gasteiger partial charge in [0.05, 0.1) is 29.9 Å². The van der Waals surface area contributed by atoms with E-state index in [2.05, 4.69) is 0 Å². The average molecular weight is 739 g/mol. The van der Waals surface area contributed by atoms with Crippen LogP contribution in [0, 0.1) is 5.41 Å². The summed E-state index contributed by atoms with van der Waals surface area (Å²) in [5.41, 5.74) is 3.39. The highest BCUT2D eigenvalue weighted by molar-refractivity contribution is 6.04. The number of carbonyl (C=O) groups is 3. The number of aromatic carboxylic acids is 2. The first-order chi connectivity index (χ1) is 26.5. The Bertz CT molecular complexity index is 2250. The number of esters is 1. The van der Waals surface area contributed by atoms with Gasteiger partial charge in [-0.15, -0.1) is 0 Å². The smallest absolute Gasteiger partial charge is 0.344 e. The van der Waals surface area contributed by atoms with E-state index in [0.29, 0.717) is 41.6 Å². The van der Waals surface area contributed by atoms with Crippen LogP contribution >= 0.6 is 0 Å². The van der Waals surface area contributed by atoms with Crippen LogP contribution in [0.4, 0.5) is 0 Å². The van der Waals surface area contributed by atoms with E-state index in [9.17, 15) is 24.6 Å². The molecule has 0 saturated carbocycles. The highest BCUT2D eigenvalue weighted by atomic mass is 17.2. The molecule has 0 unspecified atom stereocenters. The van der Waals surface area contributed by atoms with Crippen LogP contribution in [0.25, 0.3) is 22.3 Å². The van der Waals surface area contributed by atoms with Gasteiger partial charge in [-0.05, 0) is 101 Å². The fraction of sp³-hybridized carbons (Fsp3) is 0.133. The molecule has 0 saturated heterocycles. The van der Waals surface area contributed by atoms with Crippen molar-refractivity contribution in [3.63, 3.8) is 0 Å². The van der Waals surface area contributed by atoms with Crippen LogP contribution < -0.4 is 19.1 Å². The summed E-state index contributed by atoms with van der Waals surface area (Å²) < 4.78 is 17.6. The molecule has 0 radical (unpaired) electrons. The Morgan fingerprint density at radius 1 is 0.509 bits per heavy atom. The summed E-state index contributed by atoms with van der Waals surface area (Å²) in [5, 5.41) is 19.3. The van der Waals surface area contributed by atoms with Crippen molar-refractivity contribution in [3.8, 4) is 45.3 Å². The summed E-state index contributed by atoms with van der Waals surface area (Å²) in [5.74, 6) is -1.25. The van der Waals surface area contributed by atoms with Gasteiger partial charge >= 0.3 is 17.9 Å². The van der Waals surface area contributed by atoms with Crippen LogP contribution in [0.2, 0.25) is 0 Å². The standard InChI is InChI=1S/C45H38O10/c1-45(2,28-51-35-15-19-37(20-16-35)54-44(50)41-26-33(14-24-40(41)43(48)49)31-11-7-4-8-12-31)29-52-36-17-21-38(22-18-36)55-53-27-34-25-32(13-23-39(34)42(46)47)30-9-5-3-6-10-30/h3-26H,27-29H2,1-2H3,(H,46,47)(H,48,49). The molecule has 2 N–H and O–H groups in total. The molecule has 0 atom stereocenters. The van der Waals surface area contributed by atoms with Gasteiger partial charge in [0.2, 0.25) is 0 Å². The zero-order chi connectivity index (χ0) is 38.8. The molecular formula is C45H38O10. The van der Waals surface area contributed by atoms with Gasteiger partial charge in [0.25, 0.3) is 0 Å². The molecule has 0 bridgehead atoms. The minimum atomic E-state index is -1.23. The molecule has 278 valence electrons. The quantitative estimate of drug-likeness (QED) is 0.0427. The molecule has 0 heterocycles. The second kappa shape index (κ2) is 17.3. The Morgan fingerprint density at radius 2 is 0.982 bits per heavy atom. The molecular weight excluding hydrogens is 700 g/mol. The fourth-order valence-corrected chi connectivity index (χ4v) is 5.56. The number of hydrogen-bond donors (Lipinski definition) is 2. The molecule has 0 aromatic heterocycles. The second-order valence-electron chi connectivity index (χ2n) is 13.4. The van der Waals surface area contributed by atoms with Crippen molar-refractivity contribution in [1.29, 1.82) is 0 Å². The summed E-state index contributed by atoms with van der Waals surface area (Å²) >= 11 is 0. The highest BCUT2D eigenvalue weighted by Crippen LogP contribution is 2.28. The molecule has 6 aromatic rings. The van der Waals surface area contributed by atoms with Crippen molar-refractivity contribution in [3.05, 3.63) is 168 Å². The SMILES string of the molecule is CC(C)(COc1ccc(OOCc2cc(-c3ccccc3)ccc2C(=O)O)cc1)COc1ccc(OC(=O)c2cc(-c3ccccc3)ccc2C(=O)O)cc1. The molecule has 0 aliphatic carbocycles. The van der Waals surface area contributed by atoms with Crippen LogP contribution in [-0.4, -0.2) is 41.3 Å². The highest BCUT2D eigenvalue weighted by Gasteiger charge is 2.22. The maximum atomic E-state index is 13.1. The summed E-state index contributed by atoms with van der Waals surface area (Å²) in [6, 6.07) is 42.0. The molecule has 0 spiro atoms. The first-order valence-electron chi connectivity index (χ1n) is 17.4. The van der Waals surface area contributed by atoms with Gasteiger partial charge in [-0.1, -0.05) is 86.6 Å². The van der Waals surface area contributed by atoms with Crippen molar-refractivity contribution in [2.45, 2.75) is 20.5 Å². The van der Waals surface area contributed by atoms with E-state index in [1.165, 1.54) is 12.1 Å². The molecule has 6 aromatic carbocycles. The number of benzene rings is 6. The number of rotatable bonds is 16. The predicted octanol–water partition coefficient (Wildman–Crippen LogP) is 9.63. The first-order valence-corrected chi connectivity index (χ1v) is 17.4. The van der Waals surface area contributed by atoms with Gasteiger partial charge < -0.3 is 29.3 Å². The third-order valence-electron chi connectivity index (χ3n) is 8.51. The van der Waals surface area contributed by atoms with E-state index in [1.807, 2.05) is 74.5 Å². The lowest BCUT2D eigenvalue weighted by atomic mass is 9.96. The Morgan fingerprint density at radius 3 is 1.51 bits per heavy atom. The van der Waals surface area contributed by atoms with Gasteiger partial charge in [-0.2, -0.15) is 4.89 Å². The zero-order valence-electron chi connectivity index (χ0n) is 30.1. The predicted molar refractivity (Wildman–Crippen MR) is 206 cm³/mol. The molecule has 55 heavy (non-hydrogen) atoms. The van der Waals surface area contributed by atoms with Crippen LogP contribution in [0.15, 0.2) is 146 Å². The molecule has 0 aliphatic rings. The minimum Gasteiger partial charge on any atom is -0.493 e. The summed E-state index contributed by atoms with van der Waals surface area (Å²) in [4.78, 5) is 47.6. The Kier molecular flexibility index (Phi) is 11.9. The van der Waals surface area contributed by atoms with Crippen molar-refractivity contribution < 1.29 is 48.6 Å². The molecule has 10 heteroatoms. The van der Waals surface area contributed by atoms with E-state index >= 15 is 0 Å². The molecule has 6 rings (SSSR count). The lowest BCUT2D eigenvalue weighted by molar-refractivity contribution is -0.217. The molecule has 0 amide bonds. The Labute approximate surface area is 318 Å². The Balaban J connectivity index is 0.973. The van der Waals surface area contributed by atoms with Crippen molar-refractivity contribution >= 4 is 17.9 Å². The van der Waals surface area contributed by atoms with Gasteiger partial charge in [-0.25, -0.2) is 14.4 Å². The van der Waals surface area contributed by atoms with Crippen LogP contribution in [0.3, 0.4) is 0 Å². The molecule has 0 fully saturated rings. The largest absolute Gasteiger partial charge is 0.493 e. The monoisotopic (exact) mass is 738 g/mol. The number of carbonyl (C=O) groups excluding carboxylic acids is 1. The first kappa shape index (κ1) is 37.8. The van der Waals surface area contributed by atoms with Gasteiger partial charge in [0.1, 0.15) is 23.9 Å². The van der Waals surface area contributed by atoms with E-state index in [-0.39, 0.29) is 29.0 Å². The third kappa shape index (κ3) is 10.2. The lowest BCUT2D eigenvalue weighted by Gasteiger charge is -2.25. The number of hydrogen-bond acceptors (Lipinski definition) is 8. The van der Waals surface area contributed by atoms with E-state index in [1.54, 1.807) is 72.8 Å². The Hall–Kier alpha value is -6.91. The van der Waals surface area contributed by atoms with Crippen LogP contribution in [0.5, 0.6) is 23.0 Å². The fourth-order valence-electron chi connectivity index (χ4n) is 5.56. The summed E-state index contributed by atoms with van der Waals surface area (Å²) in [6.07, 6.45) is 0. The summed E-state index contributed by atoms with van der Waals surface area (Å²) in [6.45, 7) is 4.58. The number of ether oxygens (including phenoxy) is 3. The van der Waals surface area contributed by atoms with E-state index in [4.69, 9.17) is 24.0 Å². The third-order valence-corrected chi connectivity index (χ3v) is 8.51. The zero-order valence-corrected chi connectivity index (χ0v) is 30.1. The molecule has 10 nitrogen and oxygen atoms in total.